The fraction of sp³-hybridized carbons (Fsp3) is 0.0909. The van der Waals surface area contributed by atoms with E-state index < -0.39 is 0 Å². The second-order valence-corrected chi connectivity index (χ2v) is 7.21. The van der Waals surface area contributed by atoms with Crippen molar-refractivity contribution < 1.29 is 4.74 Å². The first kappa shape index (κ1) is 19.3. The van der Waals surface area contributed by atoms with Gasteiger partial charge in [0.2, 0.25) is 0 Å². The Kier molecular flexibility index (Phi) is 5.69. The van der Waals surface area contributed by atoms with E-state index >= 15 is 0 Å². The van der Waals surface area contributed by atoms with E-state index in [2.05, 4.69) is 15.5 Å². The molecule has 0 unspecified atom stereocenters. The summed E-state index contributed by atoms with van der Waals surface area (Å²) in [5.74, 6) is 1.31. The number of nitrogens with zero attached hydrogens (tertiary/aromatic N) is 1. The largest absolute Gasteiger partial charge is 0.488 e. The van der Waals surface area contributed by atoms with Gasteiger partial charge < -0.3 is 10.1 Å². The summed E-state index contributed by atoms with van der Waals surface area (Å²) < 4.78 is 5.99. The van der Waals surface area contributed by atoms with Crippen LogP contribution in [-0.2, 0) is 13.2 Å². The number of aromatic nitrogens is 2. The average Bonchev–Trinajstić information content (AvgIpc) is 2.74. The number of H-pyrrole nitrogens is 1. The maximum absolute atomic E-state index is 11.9. The van der Waals surface area contributed by atoms with E-state index in [1.165, 1.54) is 0 Å². The number of ether oxygens (including phenoxy) is 1. The fourth-order valence-electron chi connectivity index (χ4n) is 3.04. The topological polar surface area (TPSA) is 67.0 Å². The molecule has 7 heteroatoms. The van der Waals surface area contributed by atoms with Gasteiger partial charge >= 0.3 is 0 Å². The third kappa shape index (κ3) is 4.21. The van der Waals surface area contributed by atoms with Gasteiger partial charge in [0.1, 0.15) is 12.4 Å². The van der Waals surface area contributed by atoms with E-state index in [1.54, 1.807) is 24.3 Å². The quantitative estimate of drug-likeness (QED) is 0.432. The highest BCUT2D eigenvalue weighted by molar-refractivity contribution is 6.35. The molecule has 29 heavy (non-hydrogen) atoms. The number of benzene rings is 3. The number of anilines is 1. The van der Waals surface area contributed by atoms with Crippen LogP contribution in [0.1, 0.15) is 11.1 Å². The minimum absolute atomic E-state index is 0.216. The lowest BCUT2D eigenvalue weighted by atomic mass is 10.1. The highest BCUT2D eigenvalue weighted by atomic mass is 35.5. The molecule has 0 saturated carbocycles. The Morgan fingerprint density at radius 3 is 2.38 bits per heavy atom. The summed E-state index contributed by atoms with van der Waals surface area (Å²) in [5.41, 5.74) is 1.46. The molecule has 146 valence electrons. The standard InChI is InChI=1S/C22H17Cl2N3O2/c23-18-9-5-10-19(24)17(18)13-29-20-11-4-1-6-14(20)12-25-21-15-7-2-3-8-16(15)22(28)27-26-21/h1-11H,12-13H2,(H,25,26)(H,27,28). The molecule has 5 nitrogen and oxygen atoms in total. The van der Waals surface area contributed by atoms with Gasteiger partial charge in [0.25, 0.3) is 5.56 Å². The molecule has 3 aromatic carbocycles. The van der Waals surface area contributed by atoms with Crippen LogP contribution in [0.4, 0.5) is 5.82 Å². The molecule has 1 aromatic heterocycles. The number of hydrogen-bond acceptors (Lipinski definition) is 4. The van der Waals surface area contributed by atoms with Crippen molar-refractivity contribution in [2.75, 3.05) is 5.32 Å². The van der Waals surface area contributed by atoms with E-state index in [4.69, 9.17) is 27.9 Å². The SMILES string of the molecule is O=c1[nH]nc(NCc2ccccc2OCc2c(Cl)cccc2Cl)c2ccccc12. The number of para-hydroxylation sites is 1. The van der Waals surface area contributed by atoms with Crippen LogP contribution in [-0.4, -0.2) is 10.2 Å². The Bertz CT molecular complexity index is 1200. The summed E-state index contributed by atoms with van der Waals surface area (Å²) in [6.45, 7) is 0.727. The fourth-order valence-corrected chi connectivity index (χ4v) is 3.55. The molecule has 2 N–H and O–H groups in total. The lowest BCUT2D eigenvalue weighted by molar-refractivity contribution is 0.303. The van der Waals surface area contributed by atoms with Gasteiger partial charge in [0.15, 0.2) is 5.82 Å². The zero-order valence-corrected chi connectivity index (χ0v) is 16.8. The summed E-state index contributed by atoms with van der Waals surface area (Å²) >= 11 is 12.5. The van der Waals surface area contributed by atoms with Crippen LogP contribution in [0.3, 0.4) is 0 Å². The molecule has 0 aliphatic carbocycles. The van der Waals surface area contributed by atoms with Gasteiger partial charge in [-0.15, -0.1) is 0 Å². The Balaban J connectivity index is 1.54. The van der Waals surface area contributed by atoms with Gasteiger partial charge in [-0.3, -0.25) is 4.79 Å². The Morgan fingerprint density at radius 2 is 1.59 bits per heavy atom. The van der Waals surface area contributed by atoms with Gasteiger partial charge in [0, 0.05) is 33.1 Å². The van der Waals surface area contributed by atoms with Crippen molar-refractivity contribution in [3.05, 3.63) is 98.3 Å². The summed E-state index contributed by atoms with van der Waals surface area (Å²) in [5, 5.41) is 12.4. The lowest BCUT2D eigenvalue weighted by Gasteiger charge is -2.14. The van der Waals surface area contributed by atoms with Gasteiger partial charge in [-0.05, 0) is 24.3 Å². The third-order valence-corrected chi connectivity index (χ3v) is 5.26. The number of aromatic amines is 1. The molecule has 0 spiro atoms. The molecule has 0 bridgehead atoms. The second kappa shape index (κ2) is 8.55. The van der Waals surface area contributed by atoms with E-state index in [9.17, 15) is 4.79 Å². The zero-order chi connectivity index (χ0) is 20.2. The predicted molar refractivity (Wildman–Crippen MR) is 117 cm³/mol. The van der Waals surface area contributed by atoms with Crippen LogP contribution in [0.25, 0.3) is 10.8 Å². The van der Waals surface area contributed by atoms with Crippen LogP contribution in [0, 0.1) is 0 Å². The van der Waals surface area contributed by atoms with Crippen molar-refractivity contribution in [2.24, 2.45) is 0 Å². The maximum Gasteiger partial charge on any atom is 0.272 e. The molecule has 0 amide bonds. The normalized spacial score (nSPS) is 10.8. The summed E-state index contributed by atoms with van der Waals surface area (Å²) in [4.78, 5) is 11.9. The van der Waals surface area contributed by atoms with E-state index in [0.29, 0.717) is 33.5 Å². The Hall–Kier alpha value is -3.02. The molecule has 4 aromatic rings. The molecular formula is C22H17Cl2N3O2. The first-order valence-electron chi connectivity index (χ1n) is 8.98. The van der Waals surface area contributed by atoms with Crippen LogP contribution in [0.15, 0.2) is 71.5 Å². The molecule has 4 rings (SSSR count). The molecular weight excluding hydrogens is 409 g/mol. The predicted octanol–water partition coefficient (Wildman–Crippen LogP) is 5.42. The van der Waals surface area contributed by atoms with Crippen LogP contribution < -0.4 is 15.6 Å². The number of nitrogens with one attached hydrogen (secondary N) is 2. The van der Waals surface area contributed by atoms with Gasteiger partial charge in [0.05, 0.1) is 5.39 Å². The van der Waals surface area contributed by atoms with Crippen molar-refractivity contribution in [2.45, 2.75) is 13.2 Å². The number of rotatable bonds is 6. The second-order valence-electron chi connectivity index (χ2n) is 6.40. The molecule has 0 aliphatic heterocycles. The molecule has 1 heterocycles. The van der Waals surface area contributed by atoms with E-state index in [0.717, 1.165) is 16.5 Å². The number of fused-ring (bicyclic) bond motifs is 1. The van der Waals surface area contributed by atoms with Crippen molar-refractivity contribution in [3.8, 4) is 5.75 Å². The van der Waals surface area contributed by atoms with Gasteiger partial charge in [-0.2, -0.15) is 5.10 Å². The highest BCUT2D eigenvalue weighted by Gasteiger charge is 2.10. The van der Waals surface area contributed by atoms with Crippen molar-refractivity contribution in [3.63, 3.8) is 0 Å². The molecule has 0 fully saturated rings. The van der Waals surface area contributed by atoms with Crippen LogP contribution in [0.2, 0.25) is 10.0 Å². The summed E-state index contributed by atoms with van der Waals surface area (Å²) in [6.07, 6.45) is 0. The average molecular weight is 426 g/mol. The zero-order valence-electron chi connectivity index (χ0n) is 15.3. The monoisotopic (exact) mass is 425 g/mol. The highest BCUT2D eigenvalue weighted by Crippen LogP contribution is 2.27. The first-order chi connectivity index (χ1) is 14.1. The van der Waals surface area contributed by atoms with Crippen LogP contribution in [0.5, 0.6) is 5.75 Å². The van der Waals surface area contributed by atoms with Crippen molar-refractivity contribution in [1.82, 2.24) is 10.2 Å². The third-order valence-electron chi connectivity index (χ3n) is 4.55. The lowest BCUT2D eigenvalue weighted by Crippen LogP contribution is -2.12. The Morgan fingerprint density at radius 1 is 0.897 bits per heavy atom. The van der Waals surface area contributed by atoms with Crippen molar-refractivity contribution in [1.29, 1.82) is 0 Å². The van der Waals surface area contributed by atoms with Gasteiger partial charge in [-0.1, -0.05) is 65.7 Å². The van der Waals surface area contributed by atoms with E-state index in [1.807, 2.05) is 42.5 Å². The molecule has 0 radical (unpaired) electrons. The molecule has 0 saturated heterocycles. The minimum atomic E-state index is -0.216. The summed E-state index contributed by atoms with van der Waals surface area (Å²) in [6, 6.07) is 20.4. The minimum Gasteiger partial charge on any atom is -0.488 e. The molecule has 0 atom stereocenters. The van der Waals surface area contributed by atoms with E-state index in [-0.39, 0.29) is 12.2 Å². The maximum atomic E-state index is 11.9. The van der Waals surface area contributed by atoms with Crippen LogP contribution >= 0.6 is 23.2 Å². The smallest absolute Gasteiger partial charge is 0.272 e. The van der Waals surface area contributed by atoms with Gasteiger partial charge in [-0.25, -0.2) is 5.10 Å². The first-order valence-corrected chi connectivity index (χ1v) is 9.74. The summed E-state index contributed by atoms with van der Waals surface area (Å²) in [7, 11) is 0. The molecule has 0 aliphatic rings. The number of halogens is 2. The Labute approximate surface area is 177 Å². The number of hydrogen-bond donors (Lipinski definition) is 2. The van der Waals surface area contributed by atoms with Crippen molar-refractivity contribution >= 4 is 39.8 Å².